The molecule has 1 aromatic heterocycles. The van der Waals surface area contributed by atoms with E-state index < -0.39 is 23.8 Å². The lowest BCUT2D eigenvalue weighted by Crippen LogP contribution is -2.35. The van der Waals surface area contributed by atoms with E-state index in [9.17, 15) is 28.2 Å². The van der Waals surface area contributed by atoms with Gasteiger partial charge in [-0.05, 0) is 103 Å². The average Bonchev–Trinajstić information content (AvgIpc) is 3.72. The number of aliphatic carboxylic acids is 1. The van der Waals surface area contributed by atoms with E-state index in [4.69, 9.17) is 20.8 Å². The average molecular weight is 691 g/mol. The molecule has 0 bridgehead atoms. The molecule has 1 atom stereocenters. The van der Waals surface area contributed by atoms with Gasteiger partial charge in [-0.15, -0.1) is 0 Å². The van der Waals surface area contributed by atoms with Gasteiger partial charge in [-0.3, -0.25) is 9.69 Å². The summed E-state index contributed by atoms with van der Waals surface area (Å²) in [4.78, 5) is 18.0. The number of halogens is 4. The first-order valence-electron chi connectivity index (χ1n) is 15.7. The summed E-state index contributed by atoms with van der Waals surface area (Å²) >= 11 is 6.39. The van der Waals surface area contributed by atoms with Gasteiger partial charge in [0.15, 0.2) is 5.58 Å². The van der Waals surface area contributed by atoms with Crippen molar-refractivity contribution >= 4 is 40.8 Å². The molecule has 2 heterocycles. The van der Waals surface area contributed by atoms with E-state index in [-0.39, 0.29) is 30.0 Å². The van der Waals surface area contributed by atoms with E-state index in [1.165, 1.54) is 19.3 Å². The molecule has 6 rings (SSSR count). The van der Waals surface area contributed by atoms with Crippen LogP contribution in [0.25, 0.3) is 45.8 Å². The van der Waals surface area contributed by atoms with Gasteiger partial charge in [0.25, 0.3) is 0 Å². The van der Waals surface area contributed by atoms with Crippen molar-refractivity contribution in [3.05, 3.63) is 105 Å². The van der Waals surface area contributed by atoms with Crippen molar-refractivity contribution in [2.75, 3.05) is 13.7 Å². The second kappa shape index (κ2) is 13.7. The molecule has 2 N–H and O–H groups in total. The van der Waals surface area contributed by atoms with Gasteiger partial charge in [0.2, 0.25) is 5.89 Å². The molecule has 254 valence electrons. The second-order valence-electron chi connectivity index (χ2n) is 12.2. The van der Waals surface area contributed by atoms with E-state index in [0.29, 0.717) is 47.0 Å². The smallest absolute Gasteiger partial charge is 0.417 e. The molecule has 0 aliphatic carbocycles. The Morgan fingerprint density at radius 3 is 2.43 bits per heavy atom. The Hall–Kier alpha value is -4.64. The van der Waals surface area contributed by atoms with Gasteiger partial charge in [-0.25, -0.2) is 4.98 Å². The number of aromatic nitrogens is 1. The largest absolute Gasteiger partial charge is 0.496 e. The van der Waals surface area contributed by atoms with Crippen LogP contribution < -0.4 is 4.74 Å². The van der Waals surface area contributed by atoms with Crippen molar-refractivity contribution in [2.45, 2.75) is 52.1 Å². The number of hydrogen-bond donors (Lipinski definition) is 2. The van der Waals surface area contributed by atoms with E-state index in [1.807, 2.05) is 50.2 Å². The number of nitrogens with zero attached hydrogens (tertiary/aromatic N) is 2. The third kappa shape index (κ3) is 6.81. The molecule has 0 amide bonds. The molecule has 1 saturated heterocycles. The Morgan fingerprint density at radius 2 is 1.73 bits per heavy atom. The van der Waals surface area contributed by atoms with E-state index in [2.05, 4.69) is 4.98 Å². The van der Waals surface area contributed by atoms with Crippen LogP contribution in [-0.2, 0) is 24.1 Å². The van der Waals surface area contributed by atoms with Crippen LogP contribution in [0.1, 0.15) is 51.8 Å². The number of rotatable bonds is 9. The Balaban J connectivity index is 1.35. The van der Waals surface area contributed by atoms with Gasteiger partial charge in [0, 0.05) is 17.7 Å². The molecule has 0 unspecified atom stereocenters. The molecular formula is C38H34ClF3N2O5. The molecular weight excluding hydrogens is 657 g/mol. The quantitative estimate of drug-likeness (QED) is 0.149. The predicted molar refractivity (Wildman–Crippen MR) is 183 cm³/mol. The fourth-order valence-corrected chi connectivity index (χ4v) is 6.84. The summed E-state index contributed by atoms with van der Waals surface area (Å²) in [6, 6.07) is 16.4. The molecule has 7 nitrogen and oxygen atoms in total. The zero-order valence-corrected chi connectivity index (χ0v) is 27.8. The van der Waals surface area contributed by atoms with Gasteiger partial charge >= 0.3 is 12.1 Å². The van der Waals surface area contributed by atoms with Gasteiger partial charge in [0.1, 0.15) is 17.3 Å². The second-order valence-corrected chi connectivity index (χ2v) is 12.6. The normalized spacial score (nSPS) is 15.5. The lowest BCUT2D eigenvalue weighted by molar-refractivity contribution is -0.142. The standard InChI is InChI=1S/C38H34ClF3N2O5/c1-21-24(12-13-25-18-34(48-3)26(17-30(25)38(40,41)42)19-44-14-6-11-33(44)37(46)47)7-4-8-27(21)28-9-5-10-29(22(28)2)36-43-32-16-23(20-45)15-31(39)35(32)49-36/h4-5,7-10,12-13,15-18,33,45H,6,11,14,19-20H2,1-3H3,(H,46,47)/b13-12+/t33-/m0/s1. The molecule has 49 heavy (non-hydrogen) atoms. The van der Waals surface area contributed by atoms with Crippen molar-refractivity contribution in [1.29, 1.82) is 0 Å². The van der Waals surface area contributed by atoms with Gasteiger partial charge in [0.05, 0.1) is 24.3 Å². The van der Waals surface area contributed by atoms with E-state index >= 15 is 0 Å². The molecule has 1 aliphatic rings. The first-order valence-corrected chi connectivity index (χ1v) is 16.1. The number of fused-ring (bicyclic) bond motifs is 1. The maximum absolute atomic E-state index is 14.4. The Bertz CT molecular complexity index is 2090. The first-order chi connectivity index (χ1) is 23.4. The zero-order valence-electron chi connectivity index (χ0n) is 27.1. The highest BCUT2D eigenvalue weighted by atomic mass is 35.5. The van der Waals surface area contributed by atoms with Crippen LogP contribution in [-0.4, -0.2) is 45.8 Å². The minimum absolute atomic E-state index is 0.0348. The van der Waals surface area contributed by atoms with E-state index in [1.54, 1.807) is 23.1 Å². The third-order valence-corrected chi connectivity index (χ3v) is 9.42. The highest BCUT2D eigenvalue weighted by Gasteiger charge is 2.36. The summed E-state index contributed by atoms with van der Waals surface area (Å²) in [6.45, 7) is 4.20. The molecule has 11 heteroatoms. The number of methoxy groups -OCH3 is 1. The summed E-state index contributed by atoms with van der Waals surface area (Å²) < 4.78 is 54.8. The molecule has 4 aromatic carbocycles. The number of carboxylic acids is 1. The van der Waals surface area contributed by atoms with Crippen LogP contribution in [0.15, 0.2) is 65.1 Å². The minimum atomic E-state index is -4.65. The Morgan fingerprint density at radius 1 is 1.04 bits per heavy atom. The number of alkyl halides is 3. The minimum Gasteiger partial charge on any atom is -0.496 e. The maximum Gasteiger partial charge on any atom is 0.417 e. The topological polar surface area (TPSA) is 96.0 Å². The van der Waals surface area contributed by atoms with Gasteiger partial charge in [-0.2, -0.15) is 13.2 Å². The fourth-order valence-electron chi connectivity index (χ4n) is 6.57. The lowest BCUT2D eigenvalue weighted by atomic mass is 9.91. The SMILES string of the molecule is COc1cc(/C=C/c2cccc(-c3cccc(-c4nc5cc(CO)cc(Cl)c5o4)c3C)c2C)c(C(F)(F)F)cc1CN1CCC[C@H]1C(=O)O. The number of aliphatic hydroxyl groups excluding tert-OH is 1. The van der Waals surface area contributed by atoms with Crippen molar-refractivity contribution in [3.8, 4) is 28.3 Å². The molecule has 1 fully saturated rings. The van der Waals surface area contributed by atoms with Crippen molar-refractivity contribution in [1.82, 2.24) is 9.88 Å². The van der Waals surface area contributed by atoms with Crippen LogP contribution in [0.3, 0.4) is 0 Å². The number of benzene rings is 4. The number of carboxylic acid groups (broad SMARTS) is 1. The monoisotopic (exact) mass is 690 g/mol. The third-order valence-electron chi connectivity index (χ3n) is 9.14. The van der Waals surface area contributed by atoms with Crippen LogP contribution >= 0.6 is 11.6 Å². The number of likely N-dealkylation sites (tertiary alicyclic amines) is 1. The summed E-state index contributed by atoms with van der Waals surface area (Å²) in [5.41, 5.74) is 5.98. The fraction of sp³-hybridized carbons (Fsp3) is 0.263. The summed E-state index contributed by atoms with van der Waals surface area (Å²) in [5.74, 6) is -0.352. The van der Waals surface area contributed by atoms with Crippen molar-refractivity contribution in [2.24, 2.45) is 0 Å². The number of carbonyl (C=O) groups is 1. The lowest BCUT2D eigenvalue weighted by Gasteiger charge is -2.23. The van der Waals surface area contributed by atoms with Crippen molar-refractivity contribution in [3.63, 3.8) is 0 Å². The van der Waals surface area contributed by atoms with Gasteiger partial charge in [-0.1, -0.05) is 54.1 Å². The summed E-state index contributed by atoms with van der Waals surface area (Å²) in [6.07, 6.45) is -0.453. The van der Waals surface area contributed by atoms with Crippen LogP contribution in [0.4, 0.5) is 13.2 Å². The predicted octanol–water partition coefficient (Wildman–Crippen LogP) is 9.17. The number of oxazole rings is 1. The van der Waals surface area contributed by atoms with Gasteiger partial charge < -0.3 is 19.4 Å². The molecule has 0 radical (unpaired) electrons. The highest BCUT2D eigenvalue weighted by Crippen LogP contribution is 2.40. The van der Waals surface area contributed by atoms with E-state index in [0.717, 1.165) is 39.4 Å². The van der Waals surface area contributed by atoms with Crippen LogP contribution in [0.2, 0.25) is 5.02 Å². The maximum atomic E-state index is 14.4. The van der Waals surface area contributed by atoms with Crippen LogP contribution in [0, 0.1) is 13.8 Å². The Labute approximate surface area is 286 Å². The summed E-state index contributed by atoms with van der Waals surface area (Å²) in [7, 11) is 1.39. The van der Waals surface area contributed by atoms with Crippen molar-refractivity contribution < 1.29 is 37.3 Å². The summed E-state index contributed by atoms with van der Waals surface area (Å²) in [5, 5.41) is 19.5. The molecule has 5 aromatic rings. The molecule has 0 spiro atoms. The molecule has 0 saturated carbocycles. The number of aliphatic hydroxyl groups is 1. The number of ether oxygens (including phenoxy) is 1. The Kier molecular flexibility index (Phi) is 9.57. The number of hydrogen-bond acceptors (Lipinski definition) is 6. The van der Waals surface area contributed by atoms with Crippen LogP contribution in [0.5, 0.6) is 5.75 Å². The zero-order chi connectivity index (χ0) is 35.0. The first kappa shape index (κ1) is 34.2. The highest BCUT2D eigenvalue weighted by molar-refractivity contribution is 6.34. The molecule has 1 aliphatic heterocycles.